The topological polar surface area (TPSA) is 126 Å². The fourth-order valence-electron chi connectivity index (χ4n) is 1.96. The lowest BCUT2D eigenvalue weighted by atomic mass is 10.2. The van der Waals surface area contributed by atoms with Gasteiger partial charge < -0.3 is 5.32 Å². The number of anilines is 2. The number of aromatic nitrogens is 5. The lowest BCUT2D eigenvalue weighted by Crippen LogP contribution is -2.18. The molecule has 0 bridgehead atoms. The van der Waals surface area contributed by atoms with Gasteiger partial charge in [0.2, 0.25) is 17.8 Å². The first-order valence-corrected chi connectivity index (χ1v) is 8.78. The van der Waals surface area contributed by atoms with Crippen molar-refractivity contribution in [3.8, 4) is 11.5 Å². The minimum atomic E-state index is -0.302. The molecule has 0 radical (unpaired) electrons. The SMILES string of the molecule is CC(C)C(=O)Nc1nc(CC(=O)Nc2n[nH]c(-c3ccccn3)n2)cs1. The summed E-state index contributed by atoms with van der Waals surface area (Å²) in [6, 6.07) is 5.42. The van der Waals surface area contributed by atoms with E-state index in [9.17, 15) is 9.59 Å². The smallest absolute Gasteiger partial charge is 0.249 e. The summed E-state index contributed by atoms with van der Waals surface area (Å²) in [4.78, 5) is 36.4. The second kappa shape index (κ2) is 7.83. The van der Waals surface area contributed by atoms with Gasteiger partial charge in [-0.05, 0) is 12.1 Å². The number of H-pyrrole nitrogens is 1. The molecule has 26 heavy (non-hydrogen) atoms. The van der Waals surface area contributed by atoms with Crippen molar-refractivity contribution < 1.29 is 9.59 Å². The van der Waals surface area contributed by atoms with Crippen molar-refractivity contribution in [3.63, 3.8) is 0 Å². The summed E-state index contributed by atoms with van der Waals surface area (Å²) >= 11 is 1.28. The highest BCUT2D eigenvalue weighted by molar-refractivity contribution is 7.13. The molecule has 0 unspecified atom stereocenters. The molecule has 0 saturated heterocycles. The monoisotopic (exact) mass is 371 g/mol. The Balaban J connectivity index is 1.57. The van der Waals surface area contributed by atoms with Crippen molar-refractivity contribution in [1.29, 1.82) is 0 Å². The van der Waals surface area contributed by atoms with Gasteiger partial charge in [-0.3, -0.25) is 25.0 Å². The number of hydrogen-bond acceptors (Lipinski definition) is 7. The van der Waals surface area contributed by atoms with Crippen LogP contribution in [0.25, 0.3) is 11.5 Å². The van der Waals surface area contributed by atoms with E-state index in [0.29, 0.717) is 22.3 Å². The standard InChI is InChI=1S/C16H17N7O2S/c1-9(2)14(25)21-16-18-10(8-26-16)7-12(24)19-15-20-13(22-23-15)11-5-3-4-6-17-11/h3-6,8-9H,7H2,1-2H3,(H,18,21,25)(H2,19,20,22,23,24). The number of pyridine rings is 1. The van der Waals surface area contributed by atoms with Crippen LogP contribution >= 0.6 is 11.3 Å². The molecule has 3 heterocycles. The quantitative estimate of drug-likeness (QED) is 0.609. The third-order valence-corrected chi connectivity index (χ3v) is 4.10. The second-order valence-corrected chi connectivity index (χ2v) is 6.59. The van der Waals surface area contributed by atoms with E-state index in [1.807, 2.05) is 6.07 Å². The highest BCUT2D eigenvalue weighted by Gasteiger charge is 2.14. The van der Waals surface area contributed by atoms with Gasteiger partial charge in [-0.2, -0.15) is 4.98 Å². The highest BCUT2D eigenvalue weighted by Crippen LogP contribution is 2.17. The van der Waals surface area contributed by atoms with E-state index < -0.39 is 0 Å². The van der Waals surface area contributed by atoms with Crippen molar-refractivity contribution in [3.05, 3.63) is 35.5 Å². The number of carbonyl (C=O) groups is 2. The Labute approximate surface area is 153 Å². The van der Waals surface area contributed by atoms with Gasteiger partial charge in [-0.25, -0.2) is 4.98 Å². The molecule has 0 aliphatic heterocycles. The largest absolute Gasteiger partial charge is 0.302 e. The molecule has 0 saturated carbocycles. The molecule has 0 aromatic carbocycles. The van der Waals surface area contributed by atoms with Crippen LogP contribution in [0.4, 0.5) is 11.1 Å². The Morgan fingerprint density at radius 2 is 2.08 bits per heavy atom. The fourth-order valence-corrected chi connectivity index (χ4v) is 2.68. The molecule has 9 nitrogen and oxygen atoms in total. The number of nitrogens with zero attached hydrogens (tertiary/aromatic N) is 4. The van der Waals surface area contributed by atoms with Crippen molar-refractivity contribution >= 4 is 34.2 Å². The van der Waals surface area contributed by atoms with Crippen LogP contribution in [-0.4, -0.2) is 37.0 Å². The van der Waals surface area contributed by atoms with Crippen LogP contribution in [-0.2, 0) is 16.0 Å². The molecule has 0 atom stereocenters. The third kappa shape index (κ3) is 4.48. The molecule has 0 spiro atoms. The Hall–Kier alpha value is -3.14. The zero-order valence-corrected chi connectivity index (χ0v) is 15.0. The second-order valence-electron chi connectivity index (χ2n) is 5.74. The molecule has 0 aliphatic rings. The normalized spacial score (nSPS) is 10.7. The minimum Gasteiger partial charge on any atom is -0.302 e. The minimum absolute atomic E-state index is 0.0571. The molecule has 0 fully saturated rings. The predicted octanol–water partition coefficient (Wildman–Crippen LogP) is 2.10. The molecule has 3 aromatic heterocycles. The van der Waals surface area contributed by atoms with Crippen molar-refractivity contribution in [2.45, 2.75) is 20.3 Å². The molecule has 2 amide bonds. The maximum Gasteiger partial charge on any atom is 0.249 e. The van der Waals surface area contributed by atoms with Crippen LogP contribution in [0, 0.1) is 5.92 Å². The number of rotatable bonds is 6. The number of carbonyl (C=O) groups excluding carboxylic acids is 2. The summed E-state index contributed by atoms with van der Waals surface area (Å²) in [5, 5.41) is 14.2. The fraction of sp³-hybridized carbons (Fsp3) is 0.250. The molecular formula is C16H17N7O2S. The van der Waals surface area contributed by atoms with Gasteiger partial charge in [0.15, 0.2) is 11.0 Å². The van der Waals surface area contributed by atoms with Gasteiger partial charge in [0.05, 0.1) is 12.1 Å². The van der Waals surface area contributed by atoms with E-state index >= 15 is 0 Å². The average molecular weight is 371 g/mol. The van der Waals surface area contributed by atoms with Gasteiger partial charge in [0.1, 0.15) is 5.69 Å². The summed E-state index contributed by atoms with van der Waals surface area (Å²) in [7, 11) is 0. The zero-order chi connectivity index (χ0) is 18.5. The van der Waals surface area contributed by atoms with E-state index in [4.69, 9.17) is 0 Å². The van der Waals surface area contributed by atoms with Crippen molar-refractivity contribution in [2.75, 3.05) is 10.6 Å². The number of thiazole rings is 1. The number of aromatic amines is 1. The summed E-state index contributed by atoms with van der Waals surface area (Å²) < 4.78 is 0. The molecule has 0 aliphatic carbocycles. The Morgan fingerprint density at radius 1 is 1.23 bits per heavy atom. The van der Waals surface area contributed by atoms with Crippen LogP contribution < -0.4 is 10.6 Å². The van der Waals surface area contributed by atoms with E-state index in [2.05, 4.69) is 35.8 Å². The third-order valence-electron chi connectivity index (χ3n) is 3.29. The first kappa shape index (κ1) is 17.7. The summed E-state index contributed by atoms with van der Waals surface area (Å²) in [5.74, 6) is 0.0823. The Morgan fingerprint density at radius 3 is 2.81 bits per heavy atom. The van der Waals surface area contributed by atoms with E-state index in [-0.39, 0.29) is 30.1 Å². The molecule has 3 N–H and O–H groups in total. The molecule has 3 rings (SSSR count). The van der Waals surface area contributed by atoms with Crippen LogP contribution in [0.2, 0.25) is 0 Å². The Bertz CT molecular complexity index is 904. The maximum absolute atomic E-state index is 12.1. The van der Waals surface area contributed by atoms with E-state index in [1.165, 1.54) is 11.3 Å². The molecular weight excluding hydrogens is 354 g/mol. The van der Waals surface area contributed by atoms with Gasteiger partial charge in [-0.1, -0.05) is 19.9 Å². The van der Waals surface area contributed by atoms with Gasteiger partial charge in [-0.15, -0.1) is 16.4 Å². The first-order valence-electron chi connectivity index (χ1n) is 7.90. The summed E-state index contributed by atoms with van der Waals surface area (Å²) in [6.45, 7) is 3.60. The molecule has 134 valence electrons. The van der Waals surface area contributed by atoms with Gasteiger partial charge in [0.25, 0.3) is 0 Å². The predicted molar refractivity (Wildman–Crippen MR) is 97.5 cm³/mol. The molecule has 10 heteroatoms. The van der Waals surface area contributed by atoms with E-state index in [1.54, 1.807) is 37.6 Å². The lowest BCUT2D eigenvalue weighted by Gasteiger charge is -2.03. The van der Waals surface area contributed by atoms with Crippen molar-refractivity contribution in [1.82, 2.24) is 25.1 Å². The first-order chi connectivity index (χ1) is 12.5. The lowest BCUT2D eigenvalue weighted by molar-refractivity contribution is -0.119. The summed E-state index contributed by atoms with van der Waals surface area (Å²) in [5.41, 5.74) is 1.19. The number of nitrogens with one attached hydrogen (secondary N) is 3. The highest BCUT2D eigenvalue weighted by atomic mass is 32.1. The van der Waals surface area contributed by atoms with Gasteiger partial charge in [0, 0.05) is 17.5 Å². The van der Waals surface area contributed by atoms with Crippen LogP contribution in [0.5, 0.6) is 0 Å². The van der Waals surface area contributed by atoms with Crippen molar-refractivity contribution in [2.24, 2.45) is 5.92 Å². The van der Waals surface area contributed by atoms with Crippen LogP contribution in [0.1, 0.15) is 19.5 Å². The van der Waals surface area contributed by atoms with Crippen LogP contribution in [0.3, 0.4) is 0 Å². The average Bonchev–Trinajstić information content (AvgIpc) is 3.25. The number of hydrogen-bond donors (Lipinski definition) is 3. The van der Waals surface area contributed by atoms with E-state index in [0.717, 1.165) is 0 Å². The zero-order valence-electron chi connectivity index (χ0n) is 14.2. The Kier molecular flexibility index (Phi) is 5.32. The van der Waals surface area contributed by atoms with Gasteiger partial charge >= 0.3 is 0 Å². The number of amides is 2. The molecule has 3 aromatic rings. The summed E-state index contributed by atoms with van der Waals surface area (Å²) in [6.07, 6.45) is 1.70. The van der Waals surface area contributed by atoms with Crippen LogP contribution in [0.15, 0.2) is 29.8 Å². The maximum atomic E-state index is 12.1.